The molecule has 0 radical (unpaired) electrons. The summed E-state index contributed by atoms with van der Waals surface area (Å²) in [5, 5.41) is -0.168. The Morgan fingerprint density at radius 2 is 2.07 bits per heavy atom. The maximum atomic E-state index is 11.3. The maximum absolute atomic E-state index is 11.3. The van der Waals surface area contributed by atoms with Gasteiger partial charge in [0.05, 0.1) is 0 Å². The molecule has 1 aromatic heterocycles. The summed E-state index contributed by atoms with van der Waals surface area (Å²) in [5.74, 6) is 0. The Hall–Kier alpha value is -1.13. The largest absolute Gasteiger partial charge is 0.422 e. The van der Waals surface area contributed by atoms with Gasteiger partial charge in [-0.3, -0.25) is 4.79 Å². The van der Waals surface area contributed by atoms with Crippen molar-refractivity contribution in [2.24, 2.45) is 0 Å². The van der Waals surface area contributed by atoms with E-state index in [1.54, 1.807) is 18.2 Å². The predicted octanol–water partition coefficient (Wildman–Crippen LogP) is 2.93. The molecule has 0 N–H and O–H groups in total. The molecule has 0 saturated carbocycles. The van der Waals surface area contributed by atoms with Crippen molar-refractivity contribution in [2.75, 3.05) is 0 Å². The van der Waals surface area contributed by atoms with Gasteiger partial charge in [0.1, 0.15) is 11.1 Å². The van der Waals surface area contributed by atoms with E-state index in [-0.39, 0.29) is 5.56 Å². The van der Waals surface area contributed by atoms with E-state index in [2.05, 4.69) is 15.9 Å². The highest BCUT2D eigenvalue weighted by molar-refractivity contribution is 9.10. The molecule has 0 atom stereocenters. The van der Waals surface area contributed by atoms with Crippen molar-refractivity contribution in [1.29, 1.82) is 0 Å². The molecule has 3 nitrogen and oxygen atoms in total. The third-order valence-corrected chi connectivity index (χ3v) is 2.60. The smallest absolute Gasteiger partial charge is 0.348 e. The highest BCUT2D eigenvalue weighted by Gasteiger charge is 2.10. The molecule has 5 heteroatoms. The van der Waals surface area contributed by atoms with Gasteiger partial charge in [0.2, 0.25) is 0 Å². The standard InChI is InChI=1S/C10H4BrClO3/c11-6-1-2-8-5(3-6)4-7(9(12)13)10(14)15-8/h1-4H. The van der Waals surface area contributed by atoms with Crippen molar-refractivity contribution >= 4 is 43.7 Å². The fourth-order valence-electron chi connectivity index (χ4n) is 1.23. The molecule has 2 rings (SSSR count). The van der Waals surface area contributed by atoms with Crippen LogP contribution in [0.4, 0.5) is 0 Å². The highest BCUT2D eigenvalue weighted by atomic mass is 79.9. The van der Waals surface area contributed by atoms with E-state index in [9.17, 15) is 9.59 Å². The molecule has 0 aliphatic rings. The molecule has 0 unspecified atom stereocenters. The van der Waals surface area contributed by atoms with Crippen LogP contribution in [0.5, 0.6) is 0 Å². The van der Waals surface area contributed by atoms with Gasteiger partial charge in [-0.25, -0.2) is 4.79 Å². The molecule has 1 aromatic carbocycles. The molecule has 0 fully saturated rings. The highest BCUT2D eigenvalue weighted by Crippen LogP contribution is 2.19. The Kier molecular flexibility index (Phi) is 2.63. The van der Waals surface area contributed by atoms with Crippen LogP contribution in [0.2, 0.25) is 0 Å². The minimum atomic E-state index is -0.814. The van der Waals surface area contributed by atoms with E-state index in [1.165, 1.54) is 6.07 Å². The second-order valence-electron chi connectivity index (χ2n) is 2.90. The van der Waals surface area contributed by atoms with E-state index >= 15 is 0 Å². The third-order valence-electron chi connectivity index (χ3n) is 1.91. The van der Waals surface area contributed by atoms with Crippen molar-refractivity contribution in [3.05, 3.63) is 44.7 Å². The average Bonchev–Trinajstić information content (AvgIpc) is 2.17. The monoisotopic (exact) mass is 286 g/mol. The fourth-order valence-corrected chi connectivity index (χ4v) is 1.74. The van der Waals surface area contributed by atoms with Crippen LogP contribution in [-0.2, 0) is 0 Å². The zero-order chi connectivity index (χ0) is 11.0. The van der Waals surface area contributed by atoms with Gasteiger partial charge in [0, 0.05) is 9.86 Å². The Morgan fingerprint density at radius 3 is 2.73 bits per heavy atom. The average molecular weight is 287 g/mol. The zero-order valence-electron chi connectivity index (χ0n) is 7.29. The van der Waals surface area contributed by atoms with Crippen LogP contribution in [0, 0.1) is 0 Å². The SMILES string of the molecule is O=C(Cl)c1cc2cc(Br)ccc2oc1=O. The summed E-state index contributed by atoms with van der Waals surface area (Å²) in [6.45, 7) is 0. The number of rotatable bonds is 1. The minimum absolute atomic E-state index is 0.151. The first kappa shape index (κ1) is 10.4. The van der Waals surface area contributed by atoms with Gasteiger partial charge in [-0.1, -0.05) is 15.9 Å². The van der Waals surface area contributed by atoms with Crippen molar-refractivity contribution in [2.45, 2.75) is 0 Å². The van der Waals surface area contributed by atoms with Gasteiger partial charge >= 0.3 is 5.63 Å². The summed E-state index contributed by atoms with van der Waals surface area (Å²) in [6, 6.07) is 6.54. The number of hydrogen-bond donors (Lipinski definition) is 0. The second kappa shape index (κ2) is 3.79. The molecule has 2 aromatic rings. The number of fused-ring (bicyclic) bond motifs is 1. The lowest BCUT2D eigenvalue weighted by Crippen LogP contribution is -2.09. The first-order valence-electron chi connectivity index (χ1n) is 4.01. The first-order valence-corrected chi connectivity index (χ1v) is 5.18. The van der Waals surface area contributed by atoms with Gasteiger partial charge in [-0.15, -0.1) is 0 Å². The number of hydrogen-bond acceptors (Lipinski definition) is 3. The molecule has 15 heavy (non-hydrogen) atoms. The van der Waals surface area contributed by atoms with Gasteiger partial charge < -0.3 is 4.42 Å². The van der Waals surface area contributed by atoms with E-state index in [0.29, 0.717) is 11.0 Å². The van der Waals surface area contributed by atoms with Crippen molar-refractivity contribution < 1.29 is 9.21 Å². The maximum Gasteiger partial charge on any atom is 0.348 e. The molecule has 0 aliphatic heterocycles. The van der Waals surface area contributed by atoms with E-state index in [1.807, 2.05) is 0 Å². The molecular weight excluding hydrogens is 283 g/mol. The predicted molar refractivity (Wildman–Crippen MR) is 60.4 cm³/mol. The Balaban J connectivity index is 2.83. The zero-order valence-corrected chi connectivity index (χ0v) is 9.63. The third kappa shape index (κ3) is 1.96. The van der Waals surface area contributed by atoms with Crippen LogP contribution >= 0.6 is 27.5 Å². The molecule has 1 heterocycles. The van der Waals surface area contributed by atoms with Gasteiger partial charge in [-0.05, 0) is 35.9 Å². The van der Waals surface area contributed by atoms with E-state index in [0.717, 1.165) is 4.47 Å². The first-order chi connectivity index (χ1) is 7.08. The molecule has 0 saturated heterocycles. The summed E-state index contributed by atoms with van der Waals surface area (Å²) in [6.07, 6.45) is 0. The number of carbonyl (C=O) groups is 1. The summed E-state index contributed by atoms with van der Waals surface area (Å²) < 4.78 is 5.76. The molecule has 0 aliphatic carbocycles. The van der Waals surface area contributed by atoms with Crippen LogP contribution in [0.15, 0.2) is 37.9 Å². The van der Waals surface area contributed by atoms with Gasteiger partial charge in [0.15, 0.2) is 0 Å². The van der Waals surface area contributed by atoms with E-state index in [4.69, 9.17) is 16.0 Å². The van der Waals surface area contributed by atoms with Crippen LogP contribution in [0.3, 0.4) is 0 Å². The van der Waals surface area contributed by atoms with Gasteiger partial charge in [-0.2, -0.15) is 0 Å². The normalized spacial score (nSPS) is 10.5. The van der Waals surface area contributed by atoms with Crippen LogP contribution in [-0.4, -0.2) is 5.24 Å². The minimum Gasteiger partial charge on any atom is -0.422 e. The Bertz CT molecular complexity index is 603. The van der Waals surface area contributed by atoms with Gasteiger partial charge in [0.25, 0.3) is 5.24 Å². The molecule has 0 amide bonds. The summed E-state index contributed by atoms with van der Waals surface area (Å²) in [7, 11) is 0. The molecular formula is C10H4BrClO3. The lowest BCUT2D eigenvalue weighted by molar-refractivity contribution is 0.107. The number of benzene rings is 1. The molecule has 0 bridgehead atoms. The van der Waals surface area contributed by atoms with Crippen molar-refractivity contribution in [3.8, 4) is 0 Å². The van der Waals surface area contributed by atoms with Crippen molar-refractivity contribution in [1.82, 2.24) is 0 Å². The molecule has 0 spiro atoms. The fraction of sp³-hybridized carbons (Fsp3) is 0. The van der Waals surface area contributed by atoms with Crippen LogP contribution in [0.25, 0.3) is 11.0 Å². The molecule has 76 valence electrons. The second-order valence-corrected chi connectivity index (χ2v) is 4.16. The summed E-state index contributed by atoms with van der Waals surface area (Å²) in [4.78, 5) is 22.2. The Morgan fingerprint density at radius 1 is 1.33 bits per heavy atom. The lowest BCUT2D eigenvalue weighted by Gasteiger charge is -1.98. The Labute approximate surface area is 97.8 Å². The lowest BCUT2D eigenvalue weighted by atomic mass is 10.2. The van der Waals surface area contributed by atoms with Crippen molar-refractivity contribution in [3.63, 3.8) is 0 Å². The van der Waals surface area contributed by atoms with Crippen LogP contribution in [0.1, 0.15) is 10.4 Å². The number of carbonyl (C=O) groups excluding carboxylic acids is 1. The van der Waals surface area contributed by atoms with Crippen LogP contribution < -0.4 is 5.63 Å². The summed E-state index contributed by atoms with van der Waals surface area (Å²) in [5.41, 5.74) is -0.447. The quantitative estimate of drug-likeness (QED) is 0.598. The topological polar surface area (TPSA) is 47.3 Å². The summed E-state index contributed by atoms with van der Waals surface area (Å²) >= 11 is 8.51. The number of halogens is 2. The van der Waals surface area contributed by atoms with E-state index < -0.39 is 10.9 Å².